The summed E-state index contributed by atoms with van der Waals surface area (Å²) in [6, 6.07) is 15.7. The van der Waals surface area contributed by atoms with Gasteiger partial charge in [0.1, 0.15) is 5.69 Å². The molecule has 1 amide bonds. The number of aromatic nitrogens is 2. The van der Waals surface area contributed by atoms with E-state index < -0.39 is 0 Å². The number of piperidine rings is 1. The minimum absolute atomic E-state index is 0.00839. The molecule has 2 aromatic heterocycles. The van der Waals surface area contributed by atoms with Crippen molar-refractivity contribution in [1.29, 1.82) is 0 Å². The molecule has 1 fully saturated rings. The number of carbonyl (C=O) groups excluding carboxylic acids is 1. The highest BCUT2D eigenvalue weighted by molar-refractivity contribution is 5.92. The predicted molar refractivity (Wildman–Crippen MR) is 123 cm³/mol. The van der Waals surface area contributed by atoms with Crippen LogP contribution in [0.3, 0.4) is 0 Å². The Hall–Kier alpha value is -3.35. The molecule has 1 aliphatic heterocycles. The van der Waals surface area contributed by atoms with Crippen molar-refractivity contribution < 1.29 is 9.21 Å². The summed E-state index contributed by atoms with van der Waals surface area (Å²) in [5.41, 5.74) is 2.74. The van der Waals surface area contributed by atoms with Gasteiger partial charge >= 0.3 is 0 Å². The van der Waals surface area contributed by atoms with Gasteiger partial charge in [-0.05, 0) is 75.2 Å². The molecule has 4 rings (SSSR count). The molecular weight excluding hydrogens is 390 g/mol. The Bertz CT molecular complexity index is 958. The van der Waals surface area contributed by atoms with E-state index in [2.05, 4.69) is 51.3 Å². The van der Waals surface area contributed by atoms with Crippen LogP contribution in [0.15, 0.2) is 59.2 Å². The van der Waals surface area contributed by atoms with Crippen molar-refractivity contribution in [2.45, 2.75) is 26.7 Å². The first-order chi connectivity index (χ1) is 15.2. The number of nitrogens with zero attached hydrogens (tertiary/aromatic N) is 4. The molecule has 0 bridgehead atoms. The van der Waals surface area contributed by atoms with Crippen molar-refractivity contribution >= 4 is 23.1 Å². The molecule has 0 aliphatic carbocycles. The maximum atomic E-state index is 12.7. The first-order valence-electron chi connectivity index (χ1n) is 11.0. The van der Waals surface area contributed by atoms with E-state index in [1.165, 1.54) is 5.69 Å². The monoisotopic (exact) mass is 419 g/mol. The molecule has 0 unspecified atom stereocenters. The number of rotatable bonds is 7. The fourth-order valence-electron chi connectivity index (χ4n) is 4.01. The Morgan fingerprint density at radius 2 is 1.81 bits per heavy atom. The van der Waals surface area contributed by atoms with E-state index in [1.807, 2.05) is 36.4 Å². The second-order valence-corrected chi connectivity index (χ2v) is 7.72. The lowest BCUT2D eigenvalue weighted by Crippen LogP contribution is -2.38. The number of amides is 1. The molecule has 162 valence electrons. The molecule has 0 atom stereocenters. The van der Waals surface area contributed by atoms with Crippen molar-refractivity contribution in [2.24, 2.45) is 5.92 Å². The van der Waals surface area contributed by atoms with Crippen LogP contribution >= 0.6 is 0 Å². The van der Waals surface area contributed by atoms with Crippen molar-refractivity contribution in [3.05, 3.63) is 54.8 Å². The fourth-order valence-corrected chi connectivity index (χ4v) is 4.01. The molecule has 7 nitrogen and oxygen atoms in total. The van der Waals surface area contributed by atoms with E-state index >= 15 is 0 Å². The van der Waals surface area contributed by atoms with Crippen molar-refractivity contribution in [1.82, 2.24) is 10.2 Å². The van der Waals surface area contributed by atoms with E-state index in [0.29, 0.717) is 5.76 Å². The van der Waals surface area contributed by atoms with Gasteiger partial charge in [0.2, 0.25) is 5.91 Å². The molecule has 31 heavy (non-hydrogen) atoms. The van der Waals surface area contributed by atoms with Gasteiger partial charge in [-0.1, -0.05) is 0 Å². The highest BCUT2D eigenvalue weighted by Crippen LogP contribution is 2.25. The lowest BCUT2D eigenvalue weighted by atomic mass is 9.96. The number of nitrogens with one attached hydrogen (secondary N) is 1. The molecule has 1 aliphatic rings. The molecule has 1 aromatic carbocycles. The number of benzene rings is 1. The molecule has 1 saturated heterocycles. The zero-order valence-corrected chi connectivity index (χ0v) is 18.1. The van der Waals surface area contributed by atoms with Gasteiger partial charge in [-0.2, -0.15) is 0 Å². The van der Waals surface area contributed by atoms with Crippen LogP contribution in [0.4, 0.5) is 17.2 Å². The average Bonchev–Trinajstić information content (AvgIpc) is 3.36. The highest BCUT2D eigenvalue weighted by Gasteiger charge is 2.26. The molecular formula is C24H29N5O2. The highest BCUT2D eigenvalue weighted by atomic mass is 16.3. The van der Waals surface area contributed by atoms with E-state index in [1.54, 1.807) is 6.26 Å². The lowest BCUT2D eigenvalue weighted by molar-refractivity contribution is -0.120. The Balaban J connectivity index is 1.30. The maximum Gasteiger partial charge on any atom is 0.227 e. The summed E-state index contributed by atoms with van der Waals surface area (Å²) in [5.74, 6) is 1.64. The predicted octanol–water partition coefficient (Wildman–Crippen LogP) is 4.44. The average molecular weight is 420 g/mol. The Morgan fingerprint density at radius 1 is 1.06 bits per heavy atom. The number of hydrogen-bond donors (Lipinski definition) is 1. The van der Waals surface area contributed by atoms with Gasteiger partial charge in [0, 0.05) is 43.5 Å². The summed E-state index contributed by atoms with van der Waals surface area (Å²) in [5, 5.41) is 11.7. The second kappa shape index (κ2) is 9.64. The van der Waals surface area contributed by atoms with Crippen LogP contribution in [0.2, 0.25) is 0 Å². The van der Waals surface area contributed by atoms with Crippen LogP contribution in [0, 0.1) is 5.92 Å². The fraction of sp³-hybridized carbons (Fsp3) is 0.375. The van der Waals surface area contributed by atoms with Crippen LogP contribution in [-0.4, -0.2) is 42.3 Å². The number of furan rings is 1. The van der Waals surface area contributed by atoms with Gasteiger partial charge in [-0.25, -0.2) is 0 Å². The quantitative estimate of drug-likeness (QED) is 0.610. The summed E-state index contributed by atoms with van der Waals surface area (Å²) in [7, 11) is 0. The van der Waals surface area contributed by atoms with E-state index in [9.17, 15) is 4.79 Å². The van der Waals surface area contributed by atoms with Crippen LogP contribution in [0.25, 0.3) is 11.5 Å². The van der Waals surface area contributed by atoms with E-state index in [-0.39, 0.29) is 11.8 Å². The smallest absolute Gasteiger partial charge is 0.227 e. The SMILES string of the molecule is CCN(CC)c1ccc(NC(=O)C2CCN(c3ccc(-c4ccco4)nn3)CC2)cc1. The van der Waals surface area contributed by atoms with Gasteiger partial charge in [0.05, 0.1) is 6.26 Å². The van der Waals surface area contributed by atoms with Crippen molar-refractivity contribution in [2.75, 3.05) is 41.3 Å². The summed E-state index contributed by atoms with van der Waals surface area (Å²) in [6.45, 7) is 7.80. The van der Waals surface area contributed by atoms with Gasteiger partial charge in [-0.3, -0.25) is 4.79 Å². The third kappa shape index (κ3) is 4.87. The lowest BCUT2D eigenvalue weighted by Gasteiger charge is -2.31. The number of carbonyl (C=O) groups is 1. The normalized spacial score (nSPS) is 14.5. The minimum atomic E-state index is 0.00839. The third-order valence-corrected chi connectivity index (χ3v) is 5.88. The largest absolute Gasteiger partial charge is 0.463 e. The molecule has 0 saturated carbocycles. The zero-order valence-electron chi connectivity index (χ0n) is 18.1. The number of anilines is 3. The zero-order chi connectivity index (χ0) is 21.6. The molecule has 3 heterocycles. The van der Waals surface area contributed by atoms with Crippen molar-refractivity contribution in [3.8, 4) is 11.5 Å². The molecule has 1 N–H and O–H groups in total. The minimum Gasteiger partial charge on any atom is -0.463 e. The molecule has 7 heteroatoms. The molecule has 0 radical (unpaired) electrons. The van der Waals surface area contributed by atoms with Crippen LogP contribution in [-0.2, 0) is 4.79 Å². The van der Waals surface area contributed by atoms with E-state index in [4.69, 9.17) is 4.42 Å². The van der Waals surface area contributed by atoms with Crippen molar-refractivity contribution in [3.63, 3.8) is 0 Å². The third-order valence-electron chi connectivity index (χ3n) is 5.88. The summed E-state index contributed by atoms with van der Waals surface area (Å²) in [6.07, 6.45) is 3.22. The topological polar surface area (TPSA) is 74.5 Å². The second-order valence-electron chi connectivity index (χ2n) is 7.72. The van der Waals surface area contributed by atoms with Crippen LogP contribution in [0.5, 0.6) is 0 Å². The number of hydrogen-bond acceptors (Lipinski definition) is 6. The standard InChI is InChI=1S/C24H29N5O2/c1-3-28(4-2)20-9-7-19(8-10-20)25-24(30)18-13-15-29(16-14-18)23-12-11-21(26-27-23)22-6-5-17-31-22/h5-12,17-18H,3-4,13-16H2,1-2H3,(H,25,30). The maximum absolute atomic E-state index is 12.7. The summed E-state index contributed by atoms with van der Waals surface area (Å²) in [4.78, 5) is 17.2. The van der Waals surface area contributed by atoms with Gasteiger partial charge < -0.3 is 19.5 Å². The van der Waals surface area contributed by atoms with Crippen LogP contribution < -0.4 is 15.1 Å². The van der Waals surface area contributed by atoms with E-state index in [0.717, 1.165) is 56.2 Å². The summed E-state index contributed by atoms with van der Waals surface area (Å²) < 4.78 is 5.36. The molecule has 3 aromatic rings. The Labute approximate surface area is 183 Å². The van der Waals surface area contributed by atoms with Crippen LogP contribution in [0.1, 0.15) is 26.7 Å². The molecule has 0 spiro atoms. The first kappa shape index (κ1) is 20.9. The first-order valence-corrected chi connectivity index (χ1v) is 11.0. The Morgan fingerprint density at radius 3 is 2.39 bits per heavy atom. The van der Waals surface area contributed by atoms with Gasteiger partial charge in [-0.15, -0.1) is 10.2 Å². The van der Waals surface area contributed by atoms with Gasteiger partial charge in [0.15, 0.2) is 11.6 Å². The summed E-state index contributed by atoms with van der Waals surface area (Å²) >= 11 is 0. The Kier molecular flexibility index (Phi) is 6.50. The van der Waals surface area contributed by atoms with Gasteiger partial charge in [0.25, 0.3) is 0 Å².